The first-order valence-electron chi connectivity index (χ1n) is 5.51. The van der Waals surface area contributed by atoms with Crippen molar-refractivity contribution in [2.24, 2.45) is 0 Å². The number of aromatic nitrogens is 1. The molecule has 0 saturated heterocycles. The number of anilines is 1. The van der Waals surface area contributed by atoms with E-state index in [-0.39, 0.29) is 34.1 Å². The number of phenols is 2. The predicted molar refractivity (Wildman–Crippen MR) is 69.6 cm³/mol. The maximum Gasteiger partial charge on any atom is 0.357 e. The van der Waals surface area contributed by atoms with Gasteiger partial charge in [0.1, 0.15) is 17.6 Å². The number of phenolic OH excluding ortho intramolecular Hbond substituents is 2. The molecule has 7 nitrogen and oxygen atoms in total. The van der Waals surface area contributed by atoms with Crippen LogP contribution in [0.3, 0.4) is 0 Å². The lowest BCUT2D eigenvalue weighted by atomic mass is 10.2. The minimum atomic E-state index is -0.758. The second-order valence-electron chi connectivity index (χ2n) is 3.95. The summed E-state index contributed by atoms with van der Waals surface area (Å²) in [5.74, 6) is -1.06. The molecule has 0 spiro atoms. The van der Waals surface area contributed by atoms with Crippen molar-refractivity contribution in [3.63, 3.8) is 0 Å². The highest BCUT2D eigenvalue weighted by Crippen LogP contribution is 2.31. The van der Waals surface area contributed by atoms with Gasteiger partial charge >= 0.3 is 5.97 Å². The molecule has 2 aromatic rings. The molecule has 0 aliphatic carbocycles. The van der Waals surface area contributed by atoms with E-state index in [9.17, 15) is 15.0 Å². The number of carbonyl (C=O) groups excluding carboxylic acids is 1. The van der Waals surface area contributed by atoms with Crippen LogP contribution in [0.5, 0.6) is 11.5 Å². The van der Waals surface area contributed by atoms with E-state index >= 15 is 0 Å². The summed E-state index contributed by atoms with van der Waals surface area (Å²) in [7, 11) is 1.17. The number of rotatable bonds is 2. The Morgan fingerprint density at radius 1 is 1.45 bits per heavy atom. The lowest BCUT2D eigenvalue weighted by Crippen LogP contribution is -2.11. The van der Waals surface area contributed by atoms with Crippen molar-refractivity contribution < 1.29 is 19.7 Å². The summed E-state index contributed by atoms with van der Waals surface area (Å²) in [6.45, 7) is 0. The van der Waals surface area contributed by atoms with Gasteiger partial charge in [0.2, 0.25) is 0 Å². The van der Waals surface area contributed by atoms with E-state index in [1.54, 1.807) is 0 Å². The van der Waals surface area contributed by atoms with Crippen LogP contribution in [-0.4, -0.2) is 27.9 Å². The van der Waals surface area contributed by atoms with Crippen LogP contribution < -0.4 is 5.73 Å². The van der Waals surface area contributed by atoms with Crippen molar-refractivity contribution in [2.75, 3.05) is 12.8 Å². The van der Waals surface area contributed by atoms with Gasteiger partial charge in [0.05, 0.1) is 24.0 Å². The van der Waals surface area contributed by atoms with Crippen LogP contribution >= 0.6 is 0 Å². The first-order valence-corrected chi connectivity index (χ1v) is 5.51. The Morgan fingerprint density at radius 3 is 2.75 bits per heavy atom. The number of carbonyl (C=O) groups is 1. The molecule has 4 N–H and O–H groups in total. The maximum absolute atomic E-state index is 11.8. The van der Waals surface area contributed by atoms with Crippen molar-refractivity contribution in [3.05, 3.63) is 35.7 Å². The first kappa shape index (κ1) is 13.3. The van der Waals surface area contributed by atoms with Gasteiger partial charge in [0.15, 0.2) is 5.69 Å². The molecule has 1 aromatic heterocycles. The van der Waals surface area contributed by atoms with Crippen LogP contribution in [0.1, 0.15) is 16.1 Å². The van der Waals surface area contributed by atoms with Gasteiger partial charge in [0.25, 0.3) is 0 Å². The largest absolute Gasteiger partial charge is 0.508 e. The average molecular weight is 273 g/mol. The molecule has 0 saturated carbocycles. The van der Waals surface area contributed by atoms with Gasteiger partial charge in [-0.25, -0.2) is 4.79 Å². The molecule has 7 heteroatoms. The summed E-state index contributed by atoms with van der Waals surface area (Å²) in [4.78, 5) is 11.8. The van der Waals surface area contributed by atoms with Crippen molar-refractivity contribution in [3.8, 4) is 23.3 Å². The van der Waals surface area contributed by atoms with Crippen LogP contribution in [0.15, 0.2) is 24.4 Å². The molecule has 0 amide bonds. The molecule has 1 aromatic carbocycles. The molecule has 0 fully saturated rings. The highest BCUT2D eigenvalue weighted by molar-refractivity contribution is 5.96. The predicted octanol–water partition coefficient (Wildman–Crippen LogP) is 1.13. The monoisotopic (exact) mass is 273 g/mol. The number of benzene rings is 1. The number of hydrogen-bond acceptors (Lipinski definition) is 6. The molecule has 2 rings (SSSR count). The first-order chi connectivity index (χ1) is 9.49. The lowest BCUT2D eigenvalue weighted by molar-refractivity contribution is 0.0593. The van der Waals surface area contributed by atoms with Crippen LogP contribution in [0, 0.1) is 11.3 Å². The second kappa shape index (κ2) is 4.85. The lowest BCUT2D eigenvalue weighted by Gasteiger charge is -2.10. The minimum absolute atomic E-state index is 0.0536. The zero-order valence-electron chi connectivity index (χ0n) is 10.5. The molecule has 1 heterocycles. The molecule has 0 bridgehead atoms. The average Bonchev–Trinajstić information content (AvgIpc) is 2.77. The highest BCUT2D eigenvalue weighted by Gasteiger charge is 2.23. The molecule has 0 atom stereocenters. The normalized spacial score (nSPS) is 10.0. The maximum atomic E-state index is 11.8. The van der Waals surface area contributed by atoms with Gasteiger partial charge < -0.3 is 25.3 Å². The fourth-order valence-corrected chi connectivity index (χ4v) is 1.81. The quantitative estimate of drug-likeness (QED) is 0.557. The molecule has 0 aliphatic heterocycles. The van der Waals surface area contributed by atoms with E-state index in [0.717, 1.165) is 0 Å². The number of nitrogens with zero attached hydrogens (tertiary/aromatic N) is 2. The third-order valence-electron chi connectivity index (χ3n) is 2.76. The van der Waals surface area contributed by atoms with E-state index < -0.39 is 5.97 Å². The fraction of sp³-hybridized carbons (Fsp3) is 0.0769. The van der Waals surface area contributed by atoms with Crippen molar-refractivity contribution in [1.82, 2.24) is 4.57 Å². The van der Waals surface area contributed by atoms with Gasteiger partial charge in [-0.05, 0) is 12.1 Å². The Bertz CT molecular complexity index is 728. The molecular weight excluding hydrogens is 262 g/mol. The molecular formula is C13H11N3O4. The number of hydrogen-bond donors (Lipinski definition) is 3. The summed E-state index contributed by atoms with van der Waals surface area (Å²) in [6.07, 6.45) is 1.29. The molecule has 0 unspecified atom stereocenters. The number of ether oxygens (including phenoxy) is 1. The Hall–Kier alpha value is -3.14. The summed E-state index contributed by atoms with van der Waals surface area (Å²) < 4.78 is 5.82. The van der Waals surface area contributed by atoms with Crippen LogP contribution in [0.2, 0.25) is 0 Å². The van der Waals surface area contributed by atoms with E-state index in [0.29, 0.717) is 0 Å². The number of methoxy groups -OCH3 is 1. The van der Waals surface area contributed by atoms with Crippen LogP contribution in [0.4, 0.5) is 5.69 Å². The number of nitriles is 1. The summed E-state index contributed by atoms with van der Waals surface area (Å²) in [6, 6.07) is 5.62. The Balaban J connectivity index is 2.77. The van der Waals surface area contributed by atoms with Crippen molar-refractivity contribution >= 4 is 11.7 Å². The highest BCUT2D eigenvalue weighted by atomic mass is 16.5. The zero-order chi connectivity index (χ0) is 14.9. The second-order valence-corrected chi connectivity index (χ2v) is 3.95. The molecule has 20 heavy (non-hydrogen) atoms. The zero-order valence-corrected chi connectivity index (χ0v) is 10.5. The number of nitrogen functional groups attached to an aromatic ring is 1. The summed E-state index contributed by atoms with van der Waals surface area (Å²) in [5.41, 5.74) is 5.75. The topological polar surface area (TPSA) is 122 Å². The third kappa shape index (κ3) is 1.99. The van der Waals surface area contributed by atoms with E-state index in [4.69, 9.17) is 11.0 Å². The Labute approximate surface area is 114 Å². The van der Waals surface area contributed by atoms with Crippen molar-refractivity contribution in [2.45, 2.75) is 0 Å². The summed E-state index contributed by atoms with van der Waals surface area (Å²) >= 11 is 0. The fourth-order valence-electron chi connectivity index (χ4n) is 1.81. The molecule has 0 aliphatic rings. The Morgan fingerprint density at radius 2 is 2.15 bits per heavy atom. The van der Waals surface area contributed by atoms with Gasteiger partial charge in [-0.3, -0.25) is 0 Å². The number of nitrogens with two attached hydrogens (primary N) is 1. The smallest absolute Gasteiger partial charge is 0.357 e. The number of aromatic hydroxyl groups is 2. The van der Waals surface area contributed by atoms with Crippen molar-refractivity contribution in [1.29, 1.82) is 5.26 Å². The molecule has 0 radical (unpaired) electrons. The third-order valence-corrected chi connectivity index (χ3v) is 2.76. The van der Waals surface area contributed by atoms with Crippen LogP contribution in [0.25, 0.3) is 5.69 Å². The van der Waals surface area contributed by atoms with E-state index in [1.165, 1.54) is 36.1 Å². The van der Waals surface area contributed by atoms with Gasteiger partial charge in [-0.15, -0.1) is 0 Å². The van der Waals surface area contributed by atoms with Gasteiger partial charge in [0, 0.05) is 12.3 Å². The van der Waals surface area contributed by atoms with E-state index in [1.807, 2.05) is 6.07 Å². The SMILES string of the molecule is COC(=O)c1c(N)c(C#N)cn1-c1cc(O)ccc1O. The Kier molecular flexibility index (Phi) is 3.23. The van der Waals surface area contributed by atoms with Gasteiger partial charge in [-0.1, -0.05) is 0 Å². The van der Waals surface area contributed by atoms with E-state index in [2.05, 4.69) is 4.74 Å². The molecule has 102 valence electrons. The standard InChI is InChI=1S/C13H11N3O4/c1-20-13(19)12-11(15)7(5-14)6-16(12)9-4-8(17)2-3-10(9)18/h2-4,6,17-18H,15H2,1H3. The minimum Gasteiger partial charge on any atom is -0.508 e. The van der Waals surface area contributed by atoms with Crippen LogP contribution in [-0.2, 0) is 4.74 Å². The van der Waals surface area contributed by atoms with Gasteiger partial charge in [-0.2, -0.15) is 5.26 Å². The summed E-state index contributed by atoms with van der Waals surface area (Å²) in [5, 5.41) is 28.3. The number of esters is 1.